The van der Waals surface area contributed by atoms with Crippen LogP contribution in [0.25, 0.3) is 5.69 Å². The van der Waals surface area contributed by atoms with Crippen molar-refractivity contribution < 1.29 is 13.2 Å². The van der Waals surface area contributed by atoms with Crippen molar-refractivity contribution in [2.75, 3.05) is 18.1 Å². The van der Waals surface area contributed by atoms with Crippen molar-refractivity contribution in [1.82, 2.24) is 25.1 Å². The smallest absolute Gasteiger partial charge is 0.236 e. The number of rotatable bonds is 6. The number of para-hydroxylation sites is 1. The largest absolute Gasteiger partial charge is 0.338 e. The first-order valence-corrected chi connectivity index (χ1v) is 11.5. The summed E-state index contributed by atoms with van der Waals surface area (Å²) >= 11 is 1.28. The summed E-state index contributed by atoms with van der Waals surface area (Å²) in [6, 6.07) is 7.50. The molecule has 1 aromatic carbocycles. The van der Waals surface area contributed by atoms with Gasteiger partial charge in [0.25, 0.3) is 0 Å². The second-order valence-electron chi connectivity index (χ2n) is 6.60. The van der Waals surface area contributed by atoms with E-state index >= 15 is 0 Å². The number of carbonyl (C=O) groups is 1. The quantitative estimate of drug-likeness (QED) is 0.667. The third-order valence-electron chi connectivity index (χ3n) is 4.69. The number of amides is 1. The summed E-state index contributed by atoms with van der Waals surface area (Å²) < 4.78 is 25.2. The molecule has 1 fully saturated rings. The van der Waals surface area contributed by atoms with E-state index in [-0.39, 0.29) is 23.5 Å². The van der Waals surface area contributed by atoms with Crippen molar-refractivity contribution in [1.29, 1.82) is 0 Å². The molecule has 0 bridgehead atoms. The van der Waals surface area contributed by atoms with E-state index in [2.05, 4.69) is 15.5 Å². The van der Waals surface area contributed by atoms with Crippen LogP contribution in [0.4, 0.5) is 0 Å². The molecule has 1 aromatic heterocycles. The summed E-state index contributed by atoms with van der Waals surface area (Å²) in [4.78, 5) is 14.6. The molecular weight excluding hydrogens is 386 g/mol. The first kappa shape index (κ1) is 19.8. The van der Waals surface area contributed by atoms with E-state index in [1.165, 1.54) is 11.8 Å². The Balaban J connectivity index is 1.76. The molecule has 1 saturated heterocycles. The molecule has 0 N–H and O–H groups in total. The molecule has 1 amide bonds. The highest BCUT2D eigenvalue weighted by Crippen LogP contribution is 2.27. The molecule has 0 spiro atoms. The summed E-state index contributed by atoms with van der Waals surface area (Å²) in [6.07, 6.45) is 0.500. The minimum absolute atomic E-state index is 0.0465. The third-order valence-corrected chi connectivity index (χ3v) is 7.46. The van der Waals surface area contributed by atoms with Gasteiger partial charge in [-0.25, -0.2) is 8.42 Å². The number of tetrazole rings is 1. The maximum atomic E-state index is 12.9. The van der Waals surface area contributed by atoms with Gasteiger partial charge in [-0.05, 0) is 49.2 Å². The Bertz CT molecular complexity index is 928. The minimum Gasteiger partial charge on any atom is -0.338 e. The van der Waals surface area contributed by atoms with Crippen LogP contribution in [-0.2, 0) is 14.6 Å². The lowest BCUT2D eigenvalue weighted by molar-refractivity contribution is -0.131. The van der Waals surface area contributed by atoms with E-state index in [1.54, 1.807) is 16.5 Å². The first-order valence-electron chi connectivity index (χ1n) is 8.84. The second-order valence-corrected chi connectivity index (χ2v) is 10.1. The Morgan fingerprint density at radius 2 is 2.15 bits per heavy atom. The van der Waals surface area contributed by atoms with Crippen molar-refractivity contribution in [3.63, 3.8) is 0 Å². The van der Waals surface area contributed by atoms with Crippen molar-refractivity contribution >= 4 is 27.5 Å². The average molecular weight is 410 g/mol. The summed E-state index contributed by atoms with van der Waals surface area (Å²) in [5.41, 5.74) is 1.89. The fraction of sp³-hybridized carbons (Fsp3) is 0.529. The predicted molar refractivity (Wildman–Crippen MR) is 104 cm³/mol. The van der Waals surface area contributed by atoms with Crippen molar-refractivity contribution in [3.05, 3.63) is 29.8 Å². The molecule has 10 heteroatoms. The van der Waals surface area contributed by atoms with Crippen LogP contribution in [0, 0.1) is 6.92 Å². The van der Waals surface area contributed by atoms with Gasteiger partial charge < -0.3 is 4.90 Å². The van der Waals surface area contributed by atoms with Crippen LogP contribution >= 0.6 is 11.8 Å². The second kappa shape index (κ2) is 7.97. The van der Waals surface area contributed by atoms with Gasteiger partial charge in [0.1, 0.15) is 0 Å². The molecule has 0 radical (unpaired) electrons. The molecule has 0 unspecified atom stereocenters. The van der Waals surface area contributed by atoms with Crippen molar-refractivity contribution in [2.24, 2.45) is 0 Å². The van der Waals surface area contributed by atoms with E-state index in [4.69, 9.17) is 0 Å². The van der Waals surface area contributed by atoms with Crippen LogP contribution in [0.5, 0.6) is 0 Å². The van der Waals surface area contributed by atoms with Gasteiger partial charge in [0, 0.05) is 12.6 Å². The summed E-state index contributed by atoms with van der Waals surface area (Å²) in [5, 5.41) is 12.0. The van der Waals surface area contributed by atoms with Gasteiger partial charge in [0.2, 0.25) is 11.1 Å². The van der Waals surface area contributed by atoms with Gasteiger partial charge in [-0.15, -0.1) is 5.10 Å². The van der Waals surface area contributed by atoms with Crippen LogP contribution in [0.1, 0.15) is 25.8 Å². The molecule has 3 rings (SSSR count). The molecule has 8 nitrogen and oxygen atoms in total. The van der Waals surface area contributed by atoms with Crippen molar-refractivity contribution in [3.8, 4) is 5.69 Å². The zero-order valence-electron chi connectivity index (χ0n) is 15.6. The molecule has 2 atom stereocenters. The summed E-state index contributed by atoms with van der Waals surface area (Å²) in [6.45, 7) is 6.12. The fourth-order valence-electron chi connectivity index (χ4n) is 3.26. The topological polar surface area (TPSA) is 98.1 Å². The lowest BCUT2D eigenvalue weighted by atomic mass is 10.2. The van der Waals surface area contributed by atoms with E-state index in [1.807, 2.05) is 38.1 Å². The van der Waals surface area contributed by atoms with E-state index in [9.17, 15) is 13.2 Å². The van der Waals surface area contributed by atoms with Gasteiger partial charge in [0.05, 0.1) is 22.4 Å². The predicted octanol–water partition coefficient (Wildman–Crippen LogP) is 1.49. The van der Waals surface area contributed by atoms with Crippen LogP contribution in [0.3, 0.4) is 0 Å². The number of aryl methyl sites for hydroxylation is 1. The Morgan fingerprint density at radius 3 is 2.78 bits per heavy atom. The number of carbonyl (C=O) groups excluding carboxylic acids is 1. The highest BCUT2D eigenvalue weighted by molar-refractivity contribution is 8.00. The molecular formula is C17H23N5O3S2. The highest BCUT2D eigenvalue weighted by atomic mass is 32.2. The number of benzene rings is 1. The van der Waals surface area contributed by atoms with Gasteiger partial charge in [0.15, 0.2) is 9.84 Å². The Labute approximate surface area is 163 Å². The highest BCUT2D eigenvalue weighted by Gasteiger charge is 2.35. The van der Waals surface area contributed by atoms with Gasteiger partial charge >= 0.3 is 0 Å². The standard InChI is InChI=1S/C17H23N5O3S2/c1-4-21(14-9-10-27(24,25)11-14)16(23)13(3)26-17-18-19-20-22(17)15-8-6-5-7-12(15)2/h5-8,13-14H,4,9-11H2,1-3H3/t13-,14+/m1/s1. The molecule has 0 saturated carbocycles. The third kappa shape index (κ3) is 4.32. The number of nitrogens with zero attached hydrogens (tertiary/aromatic N) is 5. The first-order chi connectivity index (χ1) is 12.8. The van der Waals surface area contributed by atoms with E-state index in [0.29, 0.717) is 18.1 Å². The zero-order valence-corrected chi connectivity index (χ0v) is 17.2. The van der Waals surface area contributed by atoms with Crippen LogP contribution < -0.4 is 0 Å². The van der Waals surface area contributed by atoms with Gasteiger partial charge in [-0.3, -0.25) is 4.79 Å². The number of hydrogen-bond donors (Lipinski definition) is 0. The molecule has 2 heterocycles. The molecule has 1 aliphatic heterocycles. The Hall–Kier alpha value is -1.94. The monoisotopic (exact) mass is 409 g/mol. The average Bonchev–Trinajstić information content (AvgIpc) is 3.22. The number of thioether (sulfide) groups is 1. The molecule has 146 valence electrons. The number of sulfone groups is 1. The Kier molecular flexibility index (Phi) is 5.85. The van der Waals surface area contributed by atoms with Crippen molar-refractivity contribution in [2.45, 2.75) is 43.6 Å². The lowest BCUT2D eigenvalue weighted by Gasteiger charge is -2.29. The lowest BCUT2D eigenvalue weighted by Crippen LogP contribution is -2.44. The van der Waals surface area contributed by atoms with E-state index < -0.39 is 15.1 Å². The molecule has 1 aliphatic rings. The number of aromatic nitrogens is 4. The molecule has 2 aromatic rings. The SMILES string of the molecule is CCN(C(=O)[C@@H](C)Sc1nnnn1-c1ccccc1C)[C@H]1CCS(=O)(=O)C1. The van der Waals surface area contributed by atoms with Crippen LogP contribution in [0.2, 0.25) is 0 Å². The molecule has 27 heavy (non-hydrogen) atoms. The van der Waals surface area contributed by atoms with Crippen LogP contribution in [0.15, 0.2) is 29.4 Å². The maximum absolute atomic E-state index is 12.9. The van der Waals surface area contributed by atoms with Gasteiger partial charge in [-0.1, -0.05) is 30.0 Å². The van der Waals surface area contributed by atoms with E-state index in [0.717, 1.165) is 11.3 Å². The normalized spacial score (nSPS) is 19.7. The number of hydrogen-bond acceptors (Lipinski definition) is 7. The molecule has 0 aliphatic carbocycles. The van der Waals surface area contributed by atoms with Crippen LogP contribution in [-0.4, -0.2) is 68.8 Å². The summed E-state index contributed by atoms with van der Waals surface area (Å²) in [5.74, 6) is 0.100. The minimum atomic E-state index is -3.04. The van der Waals surface area contributed by atoms with Gasteiger partial charge in [-0.2, -0.15) is 4.68 Å². The summed E-state index contributed by atoms with van der Waals surface area (Å²) in [7, 11) is -3.04. The fourth-order valence-corrected chi connectivity index (χ4v) is 5.86. The Morgan fingerprint density at radius 1 is 1.41 bits per heavy atom. The maximum Gasteiger partial charge on any atom is 0.236 e. The zero-order chi connectivity index (χ0) is 19.6.